The number of hydrazone groups is 2. The summed E-state index contributed by atoms with van der Waals surface area (Å²) in [6, 6.07) is 10.8. The summed E-state index contributed by atoms with van der Waals surface area (Å²) in [4.78, 5) is 24.0. The molecule has 0 saturated carbocycles. The molecule has 10 heteroatoms. The van der Waals surface area contributed by atoms with Crippen LogP contribution in [0.1, 0.15) is 38.8 Å². The Morgan fingerprint density at radius 3 is 1.50 bits per heavy atom. The summed E-state index contributed by atoms with van der Waals surface area (Å²) in [5.74, 6) is -0.729. The molecule has 0 radical (unpaired) electrons. The number of hydrogen-bond acceptors (Lipinski definition) is 6. The lowest BCUT2D eigenvalue weighted by atomic mass is 10.2. The predicted molar refractivity (Wildman–Crippen MR) is 131 cm³/mol. The quantitative estimate of drug-likeness (QED) is 0.281. The van der Waals surface area contributed by atoms with E-state index in [0.29, 0.717) is 22.6 Å². The summed E-state index contributed by atoms with van der Waals surface area (Å²) >= 11 is 6.76. The van der Waals surface area contributed by atoms with Crippen molar-refractivity contribution in [2.24, 2.45) is 10.2 Å². The number of nitrogens with zero attached hydrogens (tertiary/aromatic N) is 2. The zero-order chi connectivity index (χ0) is 23.7. The molecule has 2 rings (SSSR count). The number of ether oxygens (including phenoxy) is 2. The monoisotopic (exact) mass is 566 g/mol. The number of nitrogens with one attached hydrogen (secondary N) is 2. The maximum Gasteiger partial charge on any atom is 0.331 e. The largest absolute Gasteiger partial charge is 0.490 e. The van der Waals surface area contributed by atoms with Crippen LogP contribution in [-0.2, 0) is 9.59 Å². The van der Waals surface area contributed by atoms with Crippen LogP contribution in [0.5, 0.6) is 11.5 Å². The second-order valence-corrected chi connectivity index (χ2v) is 8.93. The molecule has 0 heterocycles. The number of benzene rings is 2. The molecule has 0 spiro atoms. The Balaban J connectivity index is 1.98. The minimum Gasteiger partial charge on any atom is -0.490 e. The van der Waals surface area contributed by atoms with Crippen LogP contribution in [0.15, 0.2) is 55.5 Å². The molecule has 170 valence electrons. The molecule has 0 fully saturated rings. The van der Waals surface area contributed by atoms with E-state index in [1.807, 2.05) is 39.8 Å². The molecule has 0 aromatic heterocycles. The average Bonchev–Trinajstić information content (AvgIpc) is 2.71. The molecule has 2 amide bonds. The second kappa shape index (κ2) is 12.4. The molecule has 0 aliphatic carbocycles. The van der Waals surface area contributed by atoms with Gasteiger partial charge in [-0.2, -0.15) is 10.2 Å². The van der Waals surface area contributed by atoms with Crippen molar-refractivity contribution in [2.75, 3.05) is 0 Å². The number of carbonyl (C=O) groups excluding carboxylic acids is 2. The summed E-state index contributed by atoms with van der Waals surface area (Å²) in [6.07, 6.45) is 2.73. The molecule has 8 nitrogen and oxygen atoms in total. The first-order valence-corrected chi connectivity index (χ1v) is 11.3. The van der Waals surface area contributed by atoms with Gasteiger partial charge in [0, 0.05) is 20.1 Å². The molecule has 0 aliphatic rings. The third-order valence-electron chi connectivity index (χ3n) is 3.61. The third kappa shape index (κ3) is 8.43. The smallest absolute Gasteiger partial charge is 0.331 e. The fourth-order valence-electron chi connectivity index (χ4n) is 2.39. The normalized spacial score (nSPS) is 11.4. The lowest BCUT2D eigenvalue weighted by molar-refractivity contribution is -0.139. The van der Waals surface area contributed by atoms with Crippen LogP contribution in [0.4, 0.5) is 0 Å². The van der Waals surface area contributed by atoms with Gasteiger partial charge in [-0.1, -0.05) is 31.9 Å². The van der Waals surface area contributed by atoms with Gasteiger partial charge in [0.15, 0.2) is 0 Å². The highest BCUT2D eigenvalue weighted by Crippen LogP contribution is 2.23. The average molecular weight is 568 g/mol. The third-order valence-corrected chi connectivity index (χ3v) is 4.60. The summed E-state index contributed by atoms with van der Waals surface area (Å²) in [5.41, 5.74) is 5.61. The first-order chi connectivity index (χ1) is 15.2. The van der Waals surface area contributed by atoms with E-state index >= 15 is 0 Å². The van der Waals surface area contributed by atoms with Crippen LogP contribution in [0.25, 0.3) is 0 Å². The maximum atomic E-state index is 12.0. The molecular formula is C22H24Br2N4O4. The van der Waals surface area contributed by atoms with E-state index in [9.17, 15) is 9.59 Å². The predicted octanol–water partition coefficient (Wildman–Crippen LogP) is 4.39. The molecule has 2 N–H and O–H groups in total. The lowest BCUT2D eigenvalue weighted by Crippen LogP contribution is -2.35. The Morgan fingerprint density at radius 2 is 1.16 bits per heavy atom. The van der Waals surface area contributed by atoms with Gasteiger partial charge in [-0.15, -0.1) is 0 Å². The molecule has 0 atom stereocenters. The molecule has 0 unspecified atom stereocenters. The van der Waals surface area contributed by atoms with Crippen LogP contribution in [0.2, 0.25) is 0 Å². The zero-order valence-corrected chi connectivity index (χ0v) is 21.2. The van der Waals surface area contributed by atoms with Gasteiger partial charge < -0.3 is 9.47 Å². The number of hydrogen-bond donors (Lipinski definition) is 2. The van der Waals surface area contributed by atoms with Crippen molar-refractivity contribution in [1.29, 1.82) is 0 Å². The van der Waals surface area contributed by atoms with Crippen molar-refractivity contribution in [3.05, 3.63) is 56.5 Å². The SMILES string of the molecule is CC(C)Oc1ccc(Br)cc1/C=N\NC(=O)C(=O)N/N=C\c1cc(Br)ccc1OC(C)C. The van der Waals surface area contributed by atoms with Gasteiger partial charge in [0.05, 0.1) is 24.6 Å². The Hall–Kier alpha value is -2.72. The van der Waals surface area contributed by atoms with Crippen molar-refractivity contribution in [1.82, 2.24) is 10.9 Å². The van der Waals surface area contributed by atoms with Gasteiger partial charge in [0.1, 0.15) is 11.5 Å². The van der Waals surface area contributed by atoms with E-state index in [0.717, 1.165) is 8.95 Å². The van der Waals surface area contributed by atoms with Crippen LogP contribution in [0, 0.1) is 0 Å². The fraction of sp³-hybridized carbons (Fsp3) is 0.273. The Labute approximate surface area is 203 Å². The number of amides is 2. The minimum absolute atomic E-state index is 0.0294. The zero-order valence-electron chi connectivity index (χ0n) is 18.1. The Bertz CT molecular complexity index is 941. The summed E-state index contributed by atoms with van der Waals surface area (Å²) in [6.45, 7) is 7.62. The molecule has 0 aliphatic heterocycles. The molecule has 0 bridgehead atoms. The van der Waals surface area contributed by atoms with Crippen molar-refractivity contribution >= 4 is 56.1 Å². The Morgan fingerprint density at radius 1 is 0.781 bits per heavy atom. The molecule has 0 saturated heterocycles. The van der Waals surface area contributed by atoms with Crippen molar-refractivity contribution in [3.8, 4) is 11.5 Å². The van der Waals surface area contributed by atoms with E-state index in [-0.39, 0.29) is 12.2 Å². The first-order valence-electron chi connectivity index (χ1n) is 9.74. The van der Waals surface area contributed by atoms with Crippen LogP contribution in [-0.4, -0.2) is 36.5 Å². The standard InChI is InChI=1S/C22H24Br2N4O4/c1-13(2)31-19-7-5-17(23)9-15(19)11-25-27-21(29)22(30)28-26-12-16-10-18(24)6-8-20(16)32-14(3)4/h5-14H,1-4H3,(H,27,29)(H,28,30)/b25-11-,26-12-. The van der Waals surface area contributed by atoms with E-state index in [2.05, 4.69) is 52.9 Å². The summed E-state index contributed by atoms with van der Waals surface area (Å²) in [5, 5.41) is 7.66. The highest BCUT2D eigenvalue weighted by molar-refractivity contribution is 9.10. The van der Waals surface area contributed by atoms with E-state index < -0.39 is 11.8 Å². The van der Waals surface area contributed by atoms with E-state index in [4.69, 9.17) is 9.47 Å². The lowest BCUT2D eigenvalue weighted by Gasteiger charge is -2.12. The van der Waals surface area contributed by atoms with Crippen LogP contribution in [0.3, 0.4) is 0 Å². The molecule has 2 aromatic carbocycles. The highest BCUT2D eigenvalue weighted by atomic mass is 79.9. The minimum atomic E-state index is -0.965. The van der Waals surface area contributed by atoms with Crippen molar-refractivity contribution in [3.63, 3.8) is 0 Å². The van der Waals surface area contributed by atoms with Crippen molar-refractivity contribution in [2.45, 2.75) is 39.9 Å². The topological polar surface area (TPSA) is 101 Å². The van der Waals surface area contributed by atoms with Gasteiger partial charge in [-0.05, 0) is 64.1 Å². The number of halogens is 2. The maximum absolute atomic E-state index is 12.0. The van der Waals surface area contributed by atoms with Gasteiger partial charge in [-0.25, -0.2) is 10.9 Å². The second-order valence-electron chi connectivity index (χ2n) is 7.10. The molecular weight excluding hydrogens is 544 g/mol. The van der Waals surface area contributed by atoms with Crippen LogP contribution < -0.4 is 20.3 Å². The molecule has 32 heavy (non-hydrogen) atoms. The van der Waals surface area contributed by atoms with E-state index in [1.54, 1.807) is 24.3 Å². The van der Waals surface area contributed by atoms with E-state index in [1.165, 1.54) is 12.4 Å². The fourth-order valence-corrected chi connectivity index (χ4v) is 3.14. The molecule has 2 aromatic rings. The van der Waals surface area contributed by atoms with Gasteiger partial charge >= 0.3 is 11.8 Å². The summed E-state index contributed by atoms with van der Waals surface area (Å²) in [7, 11) is 0. The number of rotatable bonds is 8. The van der Waals surface area contributed by atoms with Crippen LogP contribution >= 0.6 is 31.9 Å². The number of carbonyl (C=O) groups is 2. The van der Waals surface area contributed by atoms with Gasteiger partial charge in [0.25, 0.3) is 0 Å². The van der Waals surface area contributed by atoms with Crippen molar-refractivity contribution < 1.29 is 19.1 Å². The highest BCUT2D eigenvalue weighted by Gasteiger charge is 2.12. The van der Waals surface area contributed by atoms with Gasteiger partial charge in [-0.3, -0.25) is 9.59 Å². The first kappa shape index (κ1) is 25.5. The van der Waals surface area contributed by atoms with Gasteiger partial charge in [0.2, 0.25) is 0 Å². The summed E-state index contributed by atoms with van der Waals surface area (Å²) < 4.78 is 13.1. The Kier molecular flexibility index (Phi) is 9.86.